The van der Waals surface area contributed by atoms with Gasteiger partial charge in [-0.2, -0.15) is 10.5 Å². The standard InChI is InChI=1S/C17H12N2O4S/c18-8-11-7-14(20)16(23)13(9-19)17(11)24-12-4-1-10(2-5-12)3-6-15(21)22/h1-2,4-5,7,20,23H,3,6H2,(H,21,22). The Balaban J connectivity index is 2.32. The van der Waals surface area contributed by atoms with Crippen LogP contribution >= 0.6 is 11.8 Å². The number of carbonyl (C=O) groups is 1. The average molecular weight is 340 g/mol. The second-order valence-corrected chi connectivity index (χ2v) is 5.94. The lowest BCUT2D eigenvalue weighted by Crippen LogP contribution is -1.97. The first-order chi connectivity index (χ1) is 11.5. The molecule has 3 N–H and O–H groups in total. The van der Waals surface area contributed by atoms with Gasteiger partial charge in [0.25, 0.3) is 0 Å². The van der Waals surface area contributed by atoms with Gasteiger partial charge in [-0.15, -0.1) is 0 Å². The molecule has 0 unspecified atom stereocenters. The van der Waals surface area contributed by atoms with E-state index in [0.29, 0.717) is 11.3 Å². The zero-order valence-corrected chi connectivity index (χ0v) is 13.2. The molecule has 0 spiro atoms. The Hall–Kier alpha value is -3.16. The van der Waals surface area contributed by atoms with E-state index >= 15 is 0 Å². The molecular formula is C17H12N2O4S. The van der Waals surface area contributed by atoms with Crippen molar-refractivity contribution in [3.8, 4) is 23.6 Å². The number of aliphatic carboxylic acids is 1. The molecule has 0 amide bonds. The zero-order chi connectivity index (χ0) is 17.7. The van der Waals surface area contributed by atoms with Crippen LogP contribution in [-0.4, -0.2) is 21.3 Å². The van der Waals surface area contributed by atoms with Crippen LogP contribution in [0, 0.1) is 22.7 Å². The quantitative estimate of drug-likeness (QED) is 0.714. The van der Waals surface area contributed by atoms with Crippen LogP contribution < -0.4 is 0 Å². The molecule has 7 heteroatoms. The summed E-state index contributed by atoms with van der Waals surface area (Å²) in [5.41, 5.74) is 0.782. The minimum atomic E-state index is -0.870. The number of rotatable bonds is 5. The van der Waals surface area contributed by atoms with Gasteiger partial charge in [0.05, 0.1) is 10.5 Å². The summed E-state index contributed by atoms with van der Waals surface area (Å²) in [6.07, 6.45) is 0.447. The molecule has 0 saturated carbocycles. The normalized spacial score (nSPS) is 9.92. The summed E-state index contributed by atoms with van der Waals surface area (Å²) < 4.78 is 0. The maximum Gasteiger partial charge on any atom is 0.303 e. The van der Waals surface area contributed by atoms with Crippen molar-refractivity contribution >= 4 is 17.7 Å². The Morgan fingerprint density at radius 1 is 1.12 bits per heavy atom. The molecule has 2 aromatic rings. The largest absolute Gasteiger partial charge is 0.504 e. The lowest BCUT2D eigenvalue weighted by Gasteiger charge is -2.10. The predicted octanol–water partition coefficient (Wildman–Crippen LogP) is 3.01. The van der Waals surface area contributed by atoms with Crippen LogP contribution in [0.25, 0.3) is 0 Å². The molecule has 2 aromatic carbocycles. The zero-order valence-electron chi connectivity index (χ0n) is 12.4. The van der Waals surface area contributed by atoms with Crippen LogP contribution in [0.5, 0.6) is 11.5 Å². The van der Waals surface area contributed by atoms with Crippen molar-refractivity contribution in [1.82, 2.24) is 0 Å². The van der Waals surface area contributed by atoms with Crippen LogP contribution in [-0.2, 0) is 11.2 Å². The topological polar surface area (TPSA) is 125 Å². The fourth-order valence-electron chi connectivity index (χ4n) is 2.03. The summed E-state index contributed by atoms with van der Waals surface area (Å²) in [5.74, 6) is -1.95. The summed E-state index contributed by atoms with van der Waals surface area (Å²) in [4.78, 5) is 11.5. The van der Waals surface area contributed by atoms with Crippen molar-refractivity contribution in [3.63, 3.8) is 0 Å². The van der Waals surface area contributed by atoms with Gasteiger partial charge in [-0.3, -0.25) is 4.79 Å². The van der Waals surface area contributed by atoms with Gasteiger partial charge in [-0.1, -0.05) is 23.9 Å². The average Bonchev–Trinajstić information content (AvgIpc) is 2.57. The Morgan fingerprint density at radius 3 is 2.33 bits per heavy atom. The highest BCUT2D eigenvalue weighted by Gasteiger charge is 2.18. The molecule has 24 heavy (non-hydrogen) atoms. The van der Waals surface area contributed by atoms with E-state index in [1.165, 1.54) is 0 Å². The second kappa shape index (κ2) is 7.40. The minimum Gasteiger partial charge on any atom is -0.504 e. The van der Waals surface area contributed by atoms with Gasteiger partial charge in [0.15, 0.2) is 11.5 Å². The van der Waals surface area contributed by atoms with Crippen LogP contribution in [0.2, 0.25) is 0 Å². The molecule has 0 heterocycles. The number of benzene rings is 2. The molecular weight excluding hydrogens is 328 g/mol. The lowest BCUT2D eigenvalue weighted by molar-refractivity contribution is -0.136. The van der Waals surface area contributed by atoms with Crippen molar-refractivity contribution in [2.45, 2.75) is 22.6 Å². The Labute approximate surface area is 142 Å². The van der Waals surface area contributed by atoms with Gasteiger partial charge < -0.3 is 15.3 Å². The third kappa shape index (κ3) is 3.78. The molecule has 0 aromatic heterocycles. The minimum absolute atomic E-state index is 0.0372. The Morgan fingerprint density at radius 2 is 1.79 bits per heavy atom. The van der Waals surface area contributed by atoms with E-state index in [1.54, 1.807) is 30.3 Å². The van der Waals surface area contributed by atoms with Gasteiger partial charge >= 0.3 is 5.97 Å². The number of hydrogen-bond donors (Lipinski definition) is 3. The first kappa shape index (κ1) is 17.2. The maximum absolute atomic E-state index is 10.6. The molecule has 0 radical (unpaired) electrons. The SMILES string of the molecule is N#Cc1cc(O)c(O)c(C#N)c1Sc1ccc(CCC(=O)O)cc1. The molecule has 6 nitrogen and oxygen atoms in total. The van der Waals surface area contributed by atoms with Crippen LogP contribution in [0.15, 0.2) is 40.1 Å². The Bertz CT molecular complexity index is 864. The molecule has 0 atom stereocenters. The highest BCUT2D eigenvalue weighted by Crippen LogP contribution is 2.41. The van der Waals surface area contributed by atoms with E-state index in [9.17, 15) is 25.5 Å². The van der Waals surface area contributed by atoms with Crippen LogP contribution in [0.4, 0.5) is 0 Å². The fourth-order valence-corrected chi connectivity index (χ4v) is 2.99. The van der Waals surface area contributed by atoms with Gasteiger partial charge in [0, 0.05) is 17.4 Å². The summed E-state index contributed by atoms with van der Waals surface area (Å²) in [5, 5.41) is 46.4. The van der Waals surface area contributed by atoms with E-state index in [4.69, 9.17) is 5.11 Å². The third-order valence-corrected chi connectivity index (χ3v) is 4.37. The predicted molar refractivity (Wildman–Crippen MR) is 85.7 cm³/mol. The molecule has 120 valence electrons. The maximum atomic E-state index is 10.6. The van der Waals surface area contributed by atoms with Crippen molar-refractivity contribution < 1.29 is 20.1 Å². The van der Waals surface area contributed by atoms with E-state index in [0.717, 1.165) is 23.4 Å². The number of carboxylic acid groups (broad SMARTS) is 1. The summed E-state index contributed by atoms with van der Waals surface area (Å²) in [6.45, 7) is 0. The first-order valence-electron chi connectivity index (χ1n) is 6.84. The highest BCUT2D eigenvalue weighted by atomic mass is 32.2. The molecule has 0 saturated heterocycles. The number of nitriles is 2. The number of aryl methyl sites for hydroxylation is 1. The number of phenolic OH excluding ortho intramolecular Hbond substituents is 2. The van der Waals surface area contributed by atoms with Crippen molar-refractivity contribution in [2.24, 2.45) is 0 Å². The second-order valence-electron chi connectivity index (χ2n) is 4.86. The van der Waals surface area contributed by atoms with Crippen LogP contribution in [0.3, 0.4) is 0 Å². The van der Waals surface area contributed by atoms with Gasteiger partial charge in [-0.05, 0) is 24.1 Å². The van der Waals surface area contributed by atoms with Gasteiger partial charge in [-0.25, -0.2) is 0 Å². The highest BCUT2D eigenvalue weighted by molar-refractivity contribution is 7.99. The monoisotopic (exact) mass is 340 g/mol. The van der Waals surface area contributed by atoms with Crippen molar-refractivity contribution in [1.29, 1.82) is 10.5 Å². The fraction of sp³-hybridized carbons (Fsp3) is 0.118. The van der Waals surface area contributed by atoms with Crippen LogP contribution in [0.1, 0.15) is 23.1 Å². The molecule has 0 aliphatic rings. The van der Waals surface area contributed by atoms with Gasteiger partial charge in [0.2, 0.25) is 0 Å². The number of carboxylic acids is 1. The van der Waals surface area contributed by atoms with E-state index in [-0.39, 0.29) is 22.4 Å². The first-order valence-corrected chi connectivity index (χ1v) is 7.65. The number of hydrogen-bond acceptors (Lipinski definition) is 6. The smallest absolute Gasteiger partial charge is 0.303 e. The lowest BCUT2D eigenvalue weighted by atomic mass is 10.1. The molecule has 2 rings (SSSR count). The van der Waals surface area contributed by atoms with E-state index in [1.807, 2.05) is 6.07 Å². The molecule has 0 aliphatic heterocycles. The molecule has 0 bridgehead atoms. The Kier molecular flexibility index (Phi) is 5.31. The van der Waals surface area contributed by atoms with E-state index in [2.05, 4.69) is 0 Å². The summed E-state index contributed by atoms with van der Waals surface area (Å²) >= 11 is 1.11. The summed E-state index contributed by atoms with van der Waals surface area (Å²) in [6, 6.07) is 11.8. The number of phenols is 2. The summed E-state index contributed by atoms with van der Waals surface area (Å²) in [7, 11) is 0. The third-order valence-electron chi connectivity index (χ3n) is 3.24. The van der Waals surface area contributed by atoms with Crippen molar-refractivity contribution in [3.05, 3.63) is 47.0 Å². The van der Waals surface area contributed by atoms with Crippen molar-refractivity contribution in [2.75, 3.05) is 0 Å². The van der Waals surface area contributed by atoms with Gasteiger partial charge in [0.1, 0.15) is 17.7 Å². The van der Waals surface area contributed by atoms with E-state index < -0.39 is 17.5 Å². The molecule has 0 fully saturated rings. The number of aromatic hydroxyl groups is 2. The number of nitrogens with zero attached hydrogens (tertiary/aromatic N) is 2. The molecule has 0 aliphatic carbocycles.